The maximum atomic E-state index is 12.9. The standard InChI is InChI=1S/C18H21FN6O2S/c1-12-13(2)24-25(14(12)3)18-9-8-17(22-23-18)20-10-11-21-28(26,27)16-6-4-15(19)5-7-16/h4-9,21H,10-11H2,1-3H3,(H,20,22). The molecule has 0 spiro atoms. The van der Waals surface area contributed by atoms with Crippen LogP contribution in [0, 0.1) is 26.6 Å². The van der Waals surface area contributed by atoms with Gasteiger partial charge in [0.15, 0.2) is 5.82 Å². The third-order valence-corrected chi connectivity index (χ3v) is 5.84. The molecule has 0 atom stereocenters. The van der Waals surface area contributed by atoms with Crippen LogP contribution >= 0.6 is 0 Å². The van der Waals surface area contributed by atoms with Crippen molar-refractivity contribution in [1.29, 1.82) is 0 Å². The van der Waals surface area contributed by atoms with E-state index in [1.807, 2.05) is 20.8 Å². The quantitative estimate of drug-likeness (QED) is 0.585. The van der Waals surface area contributed by atoms with E-state index < -0.39 is 15.8 Å². The van der Waals surface area contributed by atoms with Gasteiger partial charge in [0.25, 0.3) is 0 Å². The van der Waals surface area contributed by atoms with Gasteiger partial charge in [0.05, 0.1) is 10.6 Å². The van der Waals surface area contributed by atoms with Gasteiger partial charge in [-0.3, -0.25) is 0 Å². The molecule has 0 amide bonds. The van der Waals surface area contributed by atoms with Gasteiger partial charge in [-0.25, -0.2) is 22.2 Å². The molecule has 1 aromatic carbocycles. The van der Waals surface area contributed by atoms with Crippen molar-refractivity contribution in [3.63, 3.8) is 0 Å². The Morgan fingerprint density at radius 3 is 2.29 bits per heavy atom. The number of sulfonamides is 1. The molecule has 0 radical (unpaired) electrons. The Balaban J connectivity index is 1.55. The molecule has 8 nitrogen and oxygen atoms in total. The van der Waals surface area contributed by atoms with E-state index in [1.54, 1.807) is 16.8 Å². The number of hydrogen-bond donors (Lipinski definition) is 2. The molecule has 3 rings (SSSR count). The van der Waals surface area contributed by atoms with E-state index in [2.05, 4.69) is 25.3 Å². The first-order chi connectivity index (χ1) is 13.3. The summed E-state index contributed by atoms with van der Waals surface area (Å²) in [6.45, 7) is 6.36. The highest BCUT2D eigenvalue weighted by Crippen LogP contribution is 2.15. The first kappa shape index (κ1) is 19.9. The van der Waals surface area contributed by atoms with Crippen molar-refractivity contribution in [3.05, 3.63) is 59.2 Å². The Kier molecular flexibility index (Phi) is 5.71. The predicted molar refractivity (Wildman–Crippen MR) is 103 cm³/mol. The van der Waals surface area contributed by atoms with E-state index >= 15 is 0 Å². The maximum Gasteiger partial charge on any atom is 0.240 e. The molecule has 28 heavy (non-hydrogen) atoms. The number of rotatable bonds is 7. The molecule has 10 heteroatoms. The molecule has 2 aromatic heterocycles. The van der Waals surface area contributed by atoms with Gasteiger partial charge in [0, 0.05) is 18.8 Å². The van der Waals surface area contributed by atoms with Gasteiger partial charge in [-0.2, -0.15) is 5.10 Å². The molecule has 0 bridgehead atoms. The molecular formula is C18H21FN6O2S. The summed E-state index contributed by atoms with van der Waals surface area (Å²) in [5.74, 6) is 0.637. The molecule has 0 aliphatic rings. The second kappa shape index (κ2) is 8.03. The van der Waals surface area contributed by atoms with Crippen molar-refractivity contribution >= 4 is 15.8 Å². The van der Waals surface area contributed by atoms with E-state index in [9.17, 15) is 12.8 Å². The molecule has 0 unspecified atom stereocenters. The van der Waals surface area contributed by atoms with Crippen LogP contribution in [0.15, 0.2) is 41.3 Å². The molecule has 0 saturated carbocycles. The van der Waals surface area contributed by atoms with Crippen LogP contribution in [0.3, 0.4) is 0 Å². The number of benzene rings is 1. The summed E-state index contributed by atoms with van der Waals surface area (Å²) in [7, 11) is -3.69. The smallest absolute Gasteiger partial charge is 0.240 e. The number of anilines is 1. The zero-order valence-corrected chi connectivity index (χ0v) is 16.6. The zero-order valence-electron chi connectivity index (χ0n) is 15.8. The van der Waals surface area contributed by atoms with Crippen molar-refractivity contribution in [2.45, 2.75) is 25.7 Å². The lowest BCUT2D eigenvalue weighted by Gasteiger charge is -2.09. The Bertz CT molecular complexity index is 1060. The van der Waals surface area contributed by atoms with Crippen LogP contribution in [0.4, 0.5) is 10.2 Å². The normalized spacial score (nSPS) is 11.6. The molecular weight excluding hydrogens is 383 g/mol. The minimum atomic E-state index is -3.69. The van der Waals surface area contributed by atoms with Gasteiger partial charge < -0.3 is 5.32 Å². The summed E-state index contributed by atoms with van der Waals surface area (Å²) < 4.78 is 41.3. The Hall–Kier alpha value is -2.85. The van der Waals surface area contributed by atoms with Gasteiger partial charge >= 0.3 is 0 Å². The second-order valence-corrected chi connectivity index (χ2v) is 8.03. The van der Waals surface area contributed by atoms with E-state index in [0.29, 0.717) is 18.2 Å². The highest BCUT2D eigenvalue weighted by atomic mass is 32.2. The summed E-state index contributed by atoms with van der Waals surface area (Å²) in [4.78, 5) is 0.0122. The zero-order chi connectivity index (χ0) is 20.3. The summed E-state index contributed by atoms with van der Waals surface area (Å²) in [5, 5.41) is 15.7. The number of aromatic nitrogens is 4. The molecule has 0 saturated heterocycles. The van der Waals surface area contributed by atoms with E-state index in [0.717, 1.165) is 29.1 Å². The van der Waals surface area contributed by atoms with Crippen molar-refractivity contribution in [2.24, 2.45) is 0 Å². The highest BCUT2D eigenvalue weighted by molar-refractivity contribution is 7.89. The maximum absolute atomic E-state index is 12.9. The Morgan fingerprint density at radius 1 is 1.00 bits per heavy atom. The Morgan fingerprint density at radius 2 is 1.71 bits per heavy atom. The third kappa shape index (κ3) is 4.34. The minimum Gasteiger partial charge on any atom is -0.367 e. The predicted octanol–water partition coefficient (Wildman–Crippen LogP) is 2.12. The van der Waals surface area contributed by atoms with Gasteiger partial charge in [-0.15, -0.1) is 10.2 Å². The largest absolute Gasteiger partial charge is 0.367 e. The molecule has 2 N–H and O–H groups in total. The lowest BCUT2D eigenvalue weighted by molar-refractivity contribution is 0.582. The van der Waals surface area contributed by atoms with E-state index in [1.165, 1.54) is 12.1 Å². The molecule has 3 aromatic rings. The van der Waals surface area contributed by atoms with Crippen LogP contribution in [0.1, 0.15) is 17.0 Å². The Labute approximate surface area is 162 Å². The fraction of sp³-hybridized carbons (Fsp3) is 0.278. The van der Waals surface area contributed by atoms with Crippen molar-refractivity contribution < 1.29 is 12.8 Å². The summed E-state index contributed by atoms with van der Waals surface area (Å²) in [6, 6.07) is 8.19. The van der Waals surface area contributed by atoms with Gasteiger partial charge in [0.1, 0.15) is 11.6 Å². The van der Waals surface area contributed by atoms with Crippen molar-refractivity contribution in [1.82, 2.24) is 24.7 Å². The molecule has 148 valence electrons. The number of nitrogens with zero attached hydrogens (tertiary/aromatic N) is 4. The first-order valence-corrected chi connectivity index (χ1v) is 10.1. The lowest BCUT2D eigenvalue weighted by atomic mass is 10.2. The number of halogens is 1. The average Bonchev–Trinajstić information content (AvgIpc) is 2.93. The first-order valence-electron chi connectivity index (χ1n) is 8.64. The fourth-order valence-electron chi connectivity index (χ4n) is 2.55. The highest BCUT2D eigenvalue weighted by Gasteiger charge is 2.13. The second-order valence-electron chi connectivity index (χ2n) is 6.26. The summed E-state index contributed by atoms with van der Waals surface area (Å²) in [5.41, 5.74) is 3.05. The van der Waals surface area contributed by atoms with Crippen molar-refractivity contribution in [3.8, 4) is 5.82 Å². The van der Waals surface area contributed by atoms with Crippen LogP contribution in [0.2, 0.25) is 0 Å². The lowest BCUT2D eigenvalue weighted by Crippen LogP contribution is -2.29. The monoisotopic (exact) mass is 404 g/mol. The molecule has 0 aliphatic carbocycles. The average molecular weight is 404 g/mol. The molecule has 0 fully saturated rings. The van der Waals surface area contributed by atoms with E-state index in [-0.39, 0.29) is 11.4 Å². The number of nitrogens with one attached hydrogen (secondary N) is 2. The van der Waals surface area contributed by atoms with E-state index in [4.69, 9.17) is 0 Å². The topological polar surface area (TPSA) is 102 Å². The van der Waals surface area contributed by atoms with Gasteiger partial charge in [-0.05, 0) is 62.7 Å². The summed E-state index contributed by atoms with van der Waals surface area (Å²) in [6.07, 6.45) is 0. The van der Waals surface area contributed by atoms with Crippen LogP contribution in [-0.2, 0) is 10.0 Å². The van der Waals surface area contributed by atoms with Gasteiger partial charge in [0.2, 0.25) is 10.0 Å². The van der Waals surface area contributed by atoms with Crippen molar-refractivity contribution in [2.75, 3.05) is 18.4 Å². The molecule has 0 aliphatic heterocycles. The number of aryl methyl sites for hydroxylation is 1. The van der Waals surface area contributed by atoms with Crippen LogP contribution in [0.5, 0.6) is 0 Å². The minimum absolute atomic E-state index is 0.0122. The number of hydrogen-bond acceptors (Lipinski definition) is 6. The van der Waals surface area contributed by atoms with Crippen LogP contribution in [-0.4, -0.2) is 41.5 Å². The summed E-state index contributed by atoms with van der Waals surface area (Å²) >= 11 is 0. The molecule has 2 heterocycles. The fourth-order valence-corrected chi connectivity index (χ4v) is 3.58. The van der Waals surface area contributed by atoms with Crippen LogP contribution in [0.25, 0.3) is 5.82 Å². The van der Waals surface area contributed by atoms with Gasteiger partial charge in [-0.1, -0.05) is 0 Å². The SMILES string of the molecule is Cc1nn(-c2ccc(NCCNS(=O)(=O)c3ccc(F)cc3)nn2)c(C)c1C. The third-order valence-electron chi connectivity index (χ3n) is 4.37. The van der Waals surface area contributed by atoms with Crippen LogP contribution < -0.4 is 10.0 Å².